The number of rotatable bonds is 4. The van der Waals surface area contributed by atoms with Gasteiger partial charge in [0, 0.05) is 11.3 Å². The van der Waals surface area contributed by atoms with Gasteiger partial charge in [0.1, 0.15) is 11.6 Å². The molecule has 4 aromatic rings. The van der Waals surface area contributed by atoms with Crippen molar-refractivity contribution < 1.29 is 18.7 Å². The molecule has 0 atom stereocenters. The lowest BCUT2D eigenvalue weighted by molar-refractivity contribution is 0.0736. The SMILES string of the molecule is O=C(Nc1ccc(OC(=O)c2cc(F)cc3[nH]c(=S)[nH]c23)cc1)c1ccccc1. The number of imidazole rings is 1. The molecule has 3 N–H and O–H groups in total. The minimum absolute atomic E-state index is 0.0220. The third-order valence-electron chi connectivity index (χ3n) is 4.17. The first-order chi connectivity index (χ1) is 14.0. The second kappa shape index (κ2) is 7.69. The van der Waals surface area contributed by atoms with Gasteiger partial charge >= 0.3 is 5.97 Å². The summed E-state index contributed by atoms with van der Waals surface area (Å²) in [5.41, 5.74) is 1.84. The van der Waals surface area contributed by atoms with E-state index < -0.39 is 11.8 Å². The second-order valence-corrected chi connectivity index (χ2v) is 6.60. The molecule has 8 heteroatoms. The number of ether oxygens (including phenoxy) is 1. The van der Waals surface area contributed by atoms with Gasteiger partial charge in [-0.1, -0.05) is 18.2 Å². The molecule has 144 valence electrons. The van der Waals surface area contributed by atoms with E-state index in [9.17, 15) is 14.0 Å². The fourth-order valence-electron chi connectivity index (χ4n) is 2.83. The normalized spacial score (nSPS) is 10.7. The van der Waals surface area contributed by atoms with Gasteiger partial charge in [-0.15, -0.1) is 0 Å². The van der Waals surface area contributed by atoms with E-state index in [0.29, 0.717) is 22.3 Å². The van der Waals surface area contributed by atoms with Crippen LogP contribution in [0.25, 0.3) is 11.0 Å². The molecule has 0 aliphatic heterocycles. The number of halogens is 1. The van der Waals surface area contributed by atoms with E-state index in [4.69, 9.17) is 17.0 Å². The van der Waals surface area contributed by atoms with Crippen molar-refractivity contribution in [3.63, 3.8) is 0 Å². The van der Waals surface area contributed by atoms with Crippen molar-refractivity contribution in [3.05, 3.63) is 88.4 Å². The highest BCUT2D eigenvalue weighted by Crippen LogP contribution is 2.22. The van der Waals surface area contributed by atoms with Crippen molar-refractivity contribution in [2.75, 3.05) is 5.32 Å². The molecule has 3 aromatic carbocycles. The molecular formula is C21H14FN3O3S. The molecule has 29 heavy (non-hydrogen) atoms. The number of benzene rings is 3. The quantitative estimate of drug-likeness (QED) is 0.257. The van der Waals surface area contributed by atoms with Crippen LogP contribution in [0.4, 0.5) is 10.1 Å². The van der Waals surface area contributed by atoms with Crippen LogP contribution < -0.4 is 10.1 Å². The smallest absolute Gasteiger partial charge is 0.345 e. The van der Waals surface area contributed by atoms with E-state index in [1.54, 1.807) is 36.4 Å². The molecule has 0 aliphatic rings. The number of carbonyl (C=O) groups excluding carboxylic acids is 2. The topological polar surface area (TPSA) is 87.0 Å². The number of H-pyrrole nitrogens is 2. The first kappa shape index (κ1) is 18.6. The Balaban J connectivity index is 1.50. The van der Waals surface area contributed by atoms with Crippen molar-refractivity contribution in [2.45, 2.75) is 0 Å². The number of fused-ring (bicyclic) bond motifs is 1. The van der Waals surface area contributed by atoms with E-state index in [-0.39, 0.29) is 22.0 Å². The summed E-state index contributed by atoms with van der Waals surface area (Å²) in [5, 5.41) is 2.76. The third kappa shape index (κ3) is 4.07. The highest BCUT2D eigenvalue weighted by Gasteiger charge is 2.16. The predicted molar refractivity (Wildman–Crippen MR) is 109 cm³/mol. The van der Waals surface area contributed by atoms with Crippen LogP contribution in [-0.2, 0) is 0 Å². The second-order valence-electron chi connectivity index (χ2n) is 6.19. The monoisotopic (exact) mass is 407 g/mol. The average molecular weight is 407 g/mol. The number of esters is 1. The highest BCUT2D eigenvalue weighted by molar-refractivity contribution is 7.71. The maximum absolute atomic E-state index is 13.8. The Hall–Kier alpha value is -3.78. The zero-order chi connectivity index (χ0) is 20.4. The lowest BCUT2D eigenvalue weighted by Crippen LogP contribution is -2.12. The van der Waals surface area contributed by atoms with Crippen LogP contribution >= 0.6 is 12.2 Å². The van der Waals surface area contributed by atoms with Crippen molar-refractivity contribution in [1.82, 2.24) is 9.97 Å². The lowest BCUT2D eigenvalue weighted by Gasteiger charge is -2.08. The van der Waals surface area contributed by atoms with E-state index in [0.717, 1.165) is 6.07 Å². The molecule has 1 aromatic heterocycles. The van der Waals surface area contributed by atoms with Crippen LogP contribution in [0.3, 0.4) is 0 Å². The molecule has 0 spiro atoms. The Morgan fingerprint density at radius 3 is 2.41 bits per heavy atom. The molecule has 1 heterocycles. The molecule has 0 saturated carbocycles. The number of hydrogen-bond acceptors (Lipinski definition) is 4. The Labute approximate surface area is 169 Å². The summed E-state index contributed by atoms with van der Waals surface area (Å²) in [7, 11) is 0. The summed E-state index contributed by atoms with van der Waals surface area (Å²) in [6.07, 6.45) is 0. The molecule has 1 amide bonds. The van der Waals surface area contributed by atoms with Gasteiger partial charge in [-0.05, 0) is 60.7 Å². The van der Waals surface area contributed by atoms with E-state index in [1.165, 1.54) is 18.2 Å². The fourth-order valence-corrected chi connectivity index (χ4v) is 3.04. The lowest BCUT2D eigenvalue weighted by atomic mass is 10.2. The number of amides is 1. The van der Waals surface area contributed by atoms with Gasteiger partial charge in [0.05, 0.1) is 16.6 Å². The molecule has 6 nitrogen and oxygen atoms in total. The van der Waals surface area contributed by atoms with E-state index in [2.05, 4.69) is 15.3 Å². The Morgan fingerprint density at radius 1 is 0.966 bits per heavy atom. The number of anilines is 1. The minimum Gasteiger partial charge on any atom is -0.423 e. The van der Waals surface area contributed by atoms with Crippen molar-refractivity contribution in [3.8, 4) is 5.75 Å². The molecule has 0 bridgehead atoms. The summed E-state index contributed by atoms with van der Waals surface area (Å²) in [5.74, 6) is -1.33. The van der Waals surface area contributed by atoms with Crippen LogP contribution in [0.1, 0.15) is 20.7 Å². The number of carbonyl (C=O) groups is 2. The first-order valence-corrected chi connectivity index (χ1v) is 9.00. The summed E-state index contributed by atoms with van der Waals surface area (Å²) < 4.78 is 19.4. The van der Waals surface area contributed by atoms with Crippen LogP contribution in [-0.4, -0.2) is 21.8 Å². The molecule has 0 unspecified atom stereocenters. The third-order valence-corrected chi connectivity index (χ3v) is 4.37. The first-order valence-electron chi connectivity index (χ1n) is 8.60. The van der Waals surface area contributed by atoms with Gasteiger partial charge in [0.25, 0.3) is 5.91 Å². The molecular weight excluding hydrogens is 393 g/mol. The van der Waals surface area contributed by atoms with Crippen LogP contribution in [0, 0.1) is 10.6 Å². The van der Waals surface area contributed by atoms with Gasteiger partial charge in [0.2, 0.25) is 0 Å². The molecule has 0 saturated heterocycles. The number of nitrogens with one attached hydrogen (secondary N) is 3. The van der Waals surface area contributed by atoms with Crippen LogP contribution in [0.15, 0.2) is 66.7 Å². The number of aromatic nitrogens is 2. The maximum atomic E-state index is 13.8. The molecule has 4 rings (SSSR count). The summed E-state index contributed by atoms with van der Waals surface area (Å²) >= 11 is 5.00. The highest BCUT2D eigenvalue weighted by atomic mass is 32.1. The van der Waals surface area contributed by atoms with E-state index >= 15 is 0 Å². The van der Waals surface area contributed by atoms with Crippen molar-refractivity contribution in [2.24, 2.45) is 0 Å². The van der Waals surface area contributed by atoms with Gasteiger partial charge < -0.3 is 20.0 Å². The van der Waals surface area contributed by atoms with Gasteiger partial charge in [-0.25, -0.2) is 9.18 Å². The van der Waals surface area contributed by atoms with Gasteiger partial charge in [-0.2, -0.15) is 0 Å². The molecule has 0 aliphatic carbocycles. The van der Waals surface area contributed by atoms with Gasteiger partial charge in [-0.3, -0.25) is 4.79 Å². The van der Waals surface area contributed by atoms with Crippen LogP contribution in [0.2, 0.25) is 0 Å². The fraction of sp³-hybridized carbons (Fsp3) is 0. The Morgan fingerprint density at radius 2 is 1.69 bits per heavy atom. The number of hydrogen-bond donors (Lipinski definition) is 3. The largest absolute Gasteiger partial charge is 0.423 e. The zero-order valence-corrected chi connectivity index (χ0v) is 15.7. The predicted octanol–water partition coefficient (Wildman–Crippen LogP) is 4.84. The standard InChI is InChI=1S/C21H14FN3O3S/c22-13-10-16(18-17(11-13)24-21(29)25-18)20(27)28-15-8-6-14(7-9-15)23-19(26)12-4-2-1-3-5-12/h1-11H,(H,23,26)(H2,24,25,29). The molecule has 0 radical (unpaired) electrons. The Bertz CT molecular complexity index is 1260. The van der Waals surface area contributed by atoms with E-state index in [1.807, 2.05) is 6.07 Å². The van der Waals surface area contributed by atoms with Crippen molar-refractivity contribution in [1.29, 1.82) is 0 Å². The summed E-state index contributed by atoms with van der Waals surface area (Å²) in [4.78, 5) is 30.3. The Kier molecular flexibility index (Phi) is 4.92. The van der Waals surface area contributed by atoms with Crippen LogP contribution in [0.5, 0.6) is 5.75 Å². The minimum atomic E-state index is -0.735. The zero-order valence-electron chi connectivity index (χ0n) is 14.9. The maximum Gasteiger partial charge on any atom is 0.345 e. The van der Waals surface area contributed by atoms with Gasteiger partial charge in [0.15, 0.2) is 4.77 Å². The summed E-state index contributed by atoms with van der Waals surface area (Å²) in [6.45, 7) is 0. The summed E-state index contributed by atoms with van der Waals surface area (Å²) in [6, 6.07) is 17.4. The number of aromatic amines is 2. The average Bonchev–Trinajstić information content (AvgIpc) is 3.09. The molecule has 0 fully saturated rings. The van der Waals surface area contributed by atoms with Crippen molar-refractivity contribution >= 4 is 40.8 Å².